The second-order valence-electron chi connectivity index (χ2n) is 2.52. The number of rotatable bonds is 3. The van der Waals surface area contributed by atoms with E-state index in [2.05, 4.69) is 26.3 Å². The minimum absolute atomic E-state index is 0.387. The first-order valence-corrected chi connectivity index (χ1v) is 3.29. The predicted octanol–water partition coefficient (Wildman–Crippen LogP) is 2.47. The van der Waals surface area contributed by atoms with Crippen LogP contribution in [0.5, 0.6) is 0 Å². The van der Waals surface area contributed by atoms with Crippen molar-refractivity contribution in [2.24, 2.45) is 11.8 Å². The minimum atomic E-state index is 0.387. The van der Waals surface area contributed by atoms with Crippen LogP contribution in [0.4, 0.5) is 0 Å². The van der Waals surface area contributed by atoms with Crippen LogP contribution in [0, 0.1) is 24.2 Å². The second kappa shape index (κ2) is 4.21. The van der Waals surface area contributed by atoms with Gasteiger partial charge in [0.15, 0.2) is 0 Å². The van der Waals surface area contributed by atoms with Crippen molar-refractivity contribution < 1.29 is 0 Å². The summed E-state index contributed by atoms with van der Waals surface area (Å²) in [5, 5.41) is 0. The average molecular weight is 122 g/mol. The molecule has 0 spiro atoms. The largest absolute Gasteiger partial charge is 0.120 e. The molecule has 0 aromatic rings. The van der Waals surface area contributed by atoms with Crippen molar-refractivity contribution in [3.05, 3.63) is 12.7 Å². The van der Waals surface area contributed by atoms with Gasteiger partial charge in [-0.15, -0.1) is 18.9 Å². The maximum atomic E-state index is 5.19. The molecule has 2 unspecified atom stereocenters. The number of terminal acetylenes is 1. The lowest BCUT2D eigenvalue weighted by molar-refractivity contribution is 0.558. The Kier molecular flexibility index (Phi) is 3.88. The first kappa shape index (κ1) is 8.30. The van der Waals surface area contributed by atoms with E-state index in [1.165, 1.54) is 0 Å². The lowest BCUT2D eigenvalue weighted by atomic mass is 9.98. The molecule has 0 aromatic carbocycles. The van der Waals surface area contributed by atoms with Crippen LogP contribution < -0.4 is 0 Å². The maximum Gasteiger partial charge on any atom is 0.0177 e. The van der Waals surface area contributed by atoms with Gasteiger partial charge in [0.25, 0.3) is 0 Å². The third kappa shape index (κ3) is 3.85. The summed E-state index contributed by atoms with van der Waals surface area (Å²) in [4.78, 5) is 0. The fourth-order valence-corrected chi connectivity index (χ4v) is 0.722. The van der Waals surface area contributed by atoms with Crippen LogP contribution in [0.25, 0.3) is 0 Å². The Labute approximate surface area is 58.0 Å². The highest BCUT2D eigenvalue weighted by Crippen LogP contribution is 2.10. The normalized spacial score (nSPS) is 15.7. The molecule has 2 atom stereocenters. The Balaban J connectivity index is 3.49. The molecule has 0 aliphatic heterocycles. The molecule has 9 heavy (non-hydrogen) atoms. The quantitative estimate of drug-likeness (QED) is 0.398. The summed E-state index contributed by atoms with van der Waals surface area (Å²) in [5.41, 5.74) is 0. The summed E-state index contributed by atoms with van der Waals surface area (Å²) in [6, 6.07) is 0. The average Bonchev–Trinajstić information content (AvgIpc) is 1.87. The number of allylic oxidation sites excluding steroid dienone is 1. The second-order valence-corrected chi connectivity index (χ2v) is 2.52. The molecule has 0 heterocycles. The van der Waals surface area contributed by atoms with Gasteiger partial charge in [0, 0.05) is 5.92 Å². The molecule has 0 amide bonds. The summed E-state index contributed by atoms with van der Waals surface area (Å²) in [5.74, 6) is 3.62. The molecule has 50 valence electrons. The molecule has 0 rings (SSSR count). The van der Waals surface area contributed by atoms with Crippen molar-refractivity contribution in [2.45, 2.75) is 20.3 Å². The molecule has 0 bridgehead atoms. The van der Waals surface area contributed by atoms with Gasteiger partial charge in [-0.1, -0.05) is 19.9 Å². The highest BCUT2D eigenvalue weighted by atomic mass is 14.0. The molecular formula is C9H14. The molecule has 0 N–H and O–H groups in total. The van der Waals surface area contributed by atoms with E-state index in [0.717, 1.165) is 6.42 Å². The van der Waals surface area contributed by atoms with Crippen molar-refractivity contribution in [1.82, 2.24) is 0 Å². The van der Waals surface area contributed by atoms with Crippen molar-refractivity contribution in [3.8, 4) is 12.3 Å². The molecule has 0 saturated carbocycles. The van der Waals surface area contributed by atoms with E-state index in [1.54, 1.807) is 0 Å². The lowest BCUT2D eigenvalue weighted by Crippen LogP contribution is -1.96. The standard InChI is InChI=1S/C9H14/c1-5-8(3)7-9(4)6-2/h1,6,8-9H,2,7H2,3-4H3. The molecular weight excluding hydrogens is 108 g/mol. The molecule has 0 heteroatoms. The van der Waals surface area contributed by atoms with Crippen LogP contribution in [0.1, 0.15) is 20.3 Å². The minimum Gasteiger partial charge on any atom is -0.120 e. The Morgan fingerprint density at radius 3 is 2.56 bits per heavy atom. The van der Waals surface area contributed by atoms with Gasteiger partial charge in [0.2, 0.25) is 0 Å². The van der Waals surface area contributed by atoms with Gasteiger partial charge < -0.3 is 0 Å². The molecule has 0 saturated heterocycles. The van der Waals surface area contributed by atoms with E-state index < -0.39 is 0 Å². The van der Waals surface area contributed by atoms with Crippen LogP contribution in [0.2, 0.25) is 0 Å². The highest BCUT2D eigenvalue weighted by Gasteiger charge is 2.00. The lowest BCUT2D eigenvalue weighted by Gasteiger charge is -2.06. The van der Waals surface area contributed by atoms with Gasteiger partial charge in [-0.2, -0.15) is 0 Å². The summed E-state index contributed by atoms with van der Waals surface area (Å²) in [6.07, 6.45) is 8.18. The third-order valence-electron chi connectivity index (χ3n) is 1.41. The van der Waals surface area contributed by atoms with Gasteiger partial charge in [-0.3, -0.25) is 0 Å². The molecule has 0 aliphatic carbocycles. The van der Waals surface area contributed by atoms with Crippen LogP contribution in [-0.4, -0.2) is 0 Å². The number of hydrogen-bond acceptors (Lipinski definition) is 0. The molecule has 0 nitrogen and oxygen atoms in total. The SMILES string of the molecule is C#CC(C)CC(C)C=C. The van der Waals surface area contributed by atoms with E-state index >= 15 is 0 Å². The van der Waals surface area contributed by atoms with E-state index in [0.29, 0.717) is 11.8 Å². The molecule has 0 fully saturated rings. The van der Waals surface area contributed by atoms with Crippen molar-refractivity contribution in [1.29, 1.82) is 0 Å². The Bertz CT molecular complexity index is 116. The highest BCUT2D eigenvalue weighted by molar-refractivity contribution is 4.92. The summed E-state index contributed by atoms with van der Waals surface area (Å²) < 4.78 is 0. The third-order valence-corrected chi connectivity index (χ3v) is 1.41. The smallest absolute Gasteiger partial charge is 0.0177 e. The van der Waals surface area contributed by atoms with Crippen molar-refractivity contribution in [2.75, 3.05) is 0 Å². The Hall–Kier alpha value is -0.700. The van der Waals surface area contributed by atoms with Gasteiger partial charge >= 0.3 is 0 Å². The van der Waals surface area contributed by atoms with Gasteiger partial charge in [0.1, 0.15) is 0 Å². The summed E-state index contributed by atoms with van der Waals surface area (Å²) >= 11 is 0. The van der Waals surface area contributed by atoms with Crippen molar-refractivity contribution >= 4 is 0 Å². The van der Waals surface area contributed by atoms with Gasteiger partial charge in [-0.25, -0.2) is 0 Å². The topological polar surface area (TPSA) is 0 Å². The Morgan fingerprint density at radius 2 is 2.22 bits per heavy atom. The molecule has 0 radical (unpaired) electrons. The zero-order valence-corrected chi connectivity index (χ0v) is 6.22. The first-order chi connectivity index (χ1) is 4.20. The van der Waals surface area contributed by atoms with Crippen LogP contribution in [0.3, 0.4) is 0 Å². The van der Waals surface area contributed by atoms with Crippen LogP contribution in [-0.2, 0) is 0 Å². The van der Waals surface area contributed by atoms with Crippen LogP contribution >= 0.6 is 0 Å². The van der Waals surface area contributed by atoms with E-state index in [4.69, 9.17) is 6.42 Å². The monoisotopic (exact) mass is 122 g/mol. The van der Waals surface area contributed by atoms with E-state index in [1.807, 2.05) is 6.08 Å². The van der Waals surface area contributed by atoms with E-state index in [-0.39, 0.29) is 0 Å². The fraction of sp³-hybridized carbons (Fsp3) is 0.556. The molecule has 0 aromatic heterocycles. The molecule has 0 aliphatic rings. The number of hydrogen-bond donors (Lipinski definition) is 0. The Morgan fingerprint density at radius 1 is 1.67 bits per heavy atom. The van der Waals surface area contributed by atoms with Crippen molar-refractivity contribution in [3.63, 3.8) is 0 Å². The van der Waals surface area contributed by atoms with Gasteiger partial charge in [0.05, 0.1) is 0 Å². The first-order valence-electron chi connectivity index (χ1n) is 3.29. The zero-order chi connectivity index (χ0) is 7.28. The predicted molar refractivity (Wildman–Crippen MR) is 42.0 cm³/mol. The fourth-order valence-electron chi connectivity index (χ4n) is 0.722. The zero-order valence-electron chi connectivity index (χ0n) is 6.22. The van der Waals surface area contributed by atoms with Crippen LogP contribution in [0.15, 0.2) is 12.7 Å². The maximum absolute atomic E-state index is 5.19. The van der Waals surface area contributed by atoms with E-state index in [9.17, 15) is 0 Å². The summed E-state index contributed by atoms with van der Waals surface area (Å²) in [7, 11) is 0. The summed E-state index contributed by atoms with van der Waals surface area (Å²) in [6.45, 7) is 7.86. The van der Waals surface area contributed by atoms with Gasteiger partial charge in [-0.05, 0) is 12.3 Å².